The quantitative estimate of drug-likeness (QED) is 0.771. The first-order chi connectivity index (χ1) is 7.27. The molecule has 0 aliphatic carbocycles. The van der Waals surface area contributed by atoms with Crippen LogP contribution in [0.5, 0.6) is 0 Å². The van der Waals surface area contributed by atoms with Gasteiger partial charge < -0.3 is 9.88 Å². The Morgan fingerprint density at radius 2 is 2.07 bits per heavy atom. The van der Waals surface area contributed by atoms with Crippen LogP contribution in [0.25, 0.3) is 0 Å². The van der Waals surface area contributed by atoms with Crippen molar-refractivity contribution in [2.45, 2.75) is 39.3 Å². The second kappa shape index (κ2) is 6.40. The Morgan fingerprint density at radius 1 is 1.33 bits per heavy atom. The van der Waals surface area contributed by atoms with Crippen LogP contribution in [0, 0.1) is 0 Å². The van der Waals surface area contributed by atoms with Crippen molar-refractivity contribution in [2.75, 3.05) is 6.54 Å². The number of nitrogens with one attached hydrogen (secondary N) is 1. The number of rotatable bonds is 6. The maximum absolute atomic E-state index is 11.4. The first-order valence-electron chi connectivity index (χ1n) is 5.66. The fraction of sp³-hybridized carbons (Fsp3) is 0.583. The zero-order valence-electron chi connectivity index (χ0n) is 9.57. The largest absolute Gasteiger partial charge is 0.314 e. The summed E-state index contributed by atoms with van der Waals surface area (Å²) in [4.78, 5) is 11.4. The van der Waals surface area contributed by atoms with Gasteiger partial charge in [-0.1, -0.05) is 19.9 Å². The summed E-state index contributed by atoms with van der Waals surface area (Å²) in [5, 5.41) is 3.44. The lowest BCUT2D eigenvalue weighted by molar-refractivity contribution is 0.463. The molecule has 0 saturated carbocycles. The number of hydrogen-bond acceptors (Lipinski definition) is 2. The highest BCUT2D eigenvalue weighted by molar-refractivity contribution is 4.93. The predicted octanol–water partition coefficient (Wildman–Crippen LogP) is 1.63. The molecule has 3 heteroatoms. The molecule has 1 heterocycles. The van der Waals surface area contributed by atoms with Crippen molar-refractivity contribution in [2.24, 2.45) is 0 Å². The summed E-state index contributed by atoms with van der Waals surface area (Å²) >= 11 is 0. The fourth-order valence-electron chi connectivity index (χ4n) is 1.61. The molecule has 15 heavy (non-hydrogen) atoms. The summed E-state index contributed by atoms with van der Waals surface area (Å²) in [5.41, 5.74) is 0.0730. The van der Waals surface area contributed by atoms with Crippen LogP contribution in [0.4, 0.5) is 0 Å². The van der Waals surface area contributed by atoms with E-state index < -0.39 is 0 Å². The SMILES string of the molecule is CCC(CC)NCCn1ccccc1=O. The molecule has 0 aliphatic rings. The monoisotopic (exact) mass is 208 g/mol. The molecule has 0 aliphatic heterocycles. The Balaban J connectivity index is 2.38. The van der Waals surface area contributed by atoms with E-state index in [-0.39, 0.29) is 5.56 Å². The topological polar surface area (TPSA) is 34.0 Å². The first-order valence-corrected chi connectivity index (χ1v) is 5.66. The van der Waals surface area contributed by atoms with Gasteiger partial charge in [0.05, 0.1) is 0 Å². The molecule has 1 aromatic heterocycles. The lowest BCUT2D eigenvalue weighted by atomic mass is 10.2. The van der Waals surface area contributed by atoms with Gasteiger partial charge in [-0.3, -0.25) is 4.79 Å². The molecule has 0 amide bonds. The van der Waals surface area contributed by atoms with Gasteiger partial charge in [0, 0.05) is 31.4 Å². The molecule has 84 valence electrons. The van der Waals surface area contributed by atoms with Gasteiger partial charge >= 0.3 is 0 Å². The maximum Gasteiger partial charge on any atom is 0.250 e. The minimum Gasteiger partial charge on any atom is -0.314 e. The first kappa shape index (κ1) is 12.0. The number of pyridine rings is 1. The predicted molar refractivity (Wildman–Crippen MR) is 63.1 cm³/mol. The van der Waals surface area contributed by atoms with Crippen molar-refractivity contribution in [3.8, 4) is 0 Å². The normalized spacial score (nSPS) is 10.9. The third kappa shape index (κ3) is 3.88. The van der Waals surface area contributed by atoms with E-state index in [1.54, 1.807) is 16.7 Å². The van der Waals surface area contributed by atoms with E-state index in [0.717, 1.165) is 25.9 Å². The highest BCUT2D eigenvalue weighted by atomic mass is 16.1. The third-order valence-corrected chi connectivity index (χ3v) is 2.67. The zero-order valence-corrected chi connectivity index (χ0v) is 9.57. The molecule has 0 aromatic carbocycles. The molecule has 0 radical (unpaired) electrons. The van der Waals surface area contributed by atoms with Crippen molar-refractivity contribution in [3.05, 3.63) is 34.7 Å². The minimum absolute atomic E-state index is 0.0730. The molecule has 1 aromatic rings. The highest BCUT2D eigenvalue weighted by Gasteiger charge is 2.01. The van der Waals surface area contributed by atoms with E-state index in [1.807, 2.05) is 12.3 Å². The van der Waals surface area contributed by atoms with Crippen LogP contribution >= 0.6 is 0 Å². The summed E-state index contributed by atoms with van der Waals surface area (Å²) in [6.07, 6.45) is 4.11. The summed E-state index contributed by atoms with van der Waals surface area (Å²) < 4.78 is 1.73. The van der Waals surface area contributed by atoms with Crippen molar-refractivity contribution >= 4 is 0 Å². The molecule has 3 nitrogen and oxygen atoms in total. The lowest BCUT2D eigenvalue weighted by Crippen LogP contribution is -2.32. The van der Waals surface area contributed by atoms with Crippen molar-refractivity contribution in [3.63, 3.8) is 0 Å². The molecule has 1 N–H and O–H groups in total. The van der Waals surface area contributed by atoms with Gasteiger partial charge in [-0.05, 0) is 18.9 Å². The smallest absolute Gasteiger partial charge is 0.250 e. The fourth-order valence-corrected chi connectivity index (χ4v) is 1.61. The van der Waals surface area contributed by atoms with Gasteiger partial charge in [0.25, 0.3) is 5.56 Å². The Hall–Kier alpha value is -1.09. The van der Waals surface area contributed by atoms with E-state index in [0.29, 0.717) is 6.04 Å². The van der Waals surface area contributed by atoms with Crippen LogP contribution < -0.4 is 10.9 Å². The van der Waals surface area contributed by atoms with E-state index in [4.69, 9.17) is 0 Å². The minimum atomic E-state index is 0.0730. The molecule has 0 spiro atoms. The Morgan fingerprint density at radius 3 is 2.67 bits per heavy atom. The van der Waals surface area contributed by atoms with Crippen LogP contribution in [-0.2, 0) is 6.54 Å². The number of nitrogens with zero attached hydrogens (tertiary/aromatic N) is 1. The molecule has 0 saturated heterocycles. The van der Waals surface area contributed by atoms with Crippen LogP contribution in [0.2, 0.25) is 0 Å². The average molecular weight is 208 g/mol. The second-order valence-electron chi connectivity index (χ2n) is 3.70. The number of aromatic nitrogens is 1. The summed E-state index contributed by atoms with van der Waals surface area (Å²) in [7, 11) is 0. The molecule has 0 atom stereocenters. The Kier molecular flexibility index (Phi) is 5.12. The Bertz CT molecular complexity index is 328. The van der Waals surface area contributed by atoms with Gasteiger partial charge in [0.15, 0.2) is 0 Å². The van der Waals surface area contributed by atoms with Crippen LogP contribution in [-0.4, -0.2) is 17.2 Å². The van der Waals surface area contributed by atoms with E-state index in [9.17, 15) is 4.79 Å². The highest BCUT2D eigenvalue weighted by Crippen LogP contribution is 1.95. The van der Waals surface area contributed by atoms with Gasteiger partial charge in [-0.15, -0.1) is 0 Å². The molecular formula is C12H20N2O. The molecule has 1 rings (SSSR count). The van der Waals surface area contributed by atoms with E-state index >= 15 is 0 Å². The van der Waals surface area contributed by atoms with Crippen LogP contribution in [0.3, 0.4) is 0 Å². The number of hydrogen-bond donors (Lipinski definition) is 1. The molecule has 0 unspecified atom stereocenters. The van der Waals surface area contributed by atoms with Gasteiger partial charge in [0.2, 0.25) is 0 Å². The standard InChI is InChI=1S/C12H20N2O/c1-3-11(4-2)13-8-10-14-9-6-5-7-12(14)15/h5-7,9,11,13H,3-4,8,10H2,1-2H3. The van der Waals surface area contributed by atoms with Gasteiger partial charge in [-0.2, -0.15) is 0 Å². The maximum atomic E-state index is 11.4. The Labute approximate surface area is 91.1 Å². The van der Waals surface area contributed by atoms with Crippen molar-refractivity contribution in [1.29, 1.82) is 0 Å². The molecule has 0 bridgehead atoms. The van der Waals surface area contributed by atoms with Crippen molar-refractivity contribution in [1.82, 2.24) is 9.88 Å². The van der Waals surface area contributed by atoms with Crippen LogP contribution in [0.1, 0.15) is 26.7 Å². The summed E-state index contributed by atoms with van der Waals surface area (Å²) in [6.45, 7) is 5.96. The van der Waals surface area contributed by atoms with Gasteiger partial charge in [-0.25, -0.2) is 0 Å². The summed E-state index contributed by atoms with van der Waals surface area (Å²) in [6, 6.07) is 5.83. The van der Waals surface area contributed by atoms with Gasteiger partial charge in [0.1, 0.15) is 0 Å². The second-order valence-corrected chi connectivity index (χ2v) is 3.70. The van der Waals surface area contributed by atoms with Crippen molar-refractivity contribution < 1.29 is 0 Å². The lowest BCUT2D eigenvalue weighted by Gasteiger charge is -2.14. The molecule has 0 fully saturated rings. The average Bonchev–Trinajstić information content (AvgIpc) is 2.27. The zero-order chi connectivity index (χ0) is 11.1. The molecular weight excluding hydrogens is 188 g/mol. The van der Waals surface area contributed by atoms with E-state index in [1.165, 1.54) is 0 Å². The third-order valence-electron chi connectivity index (χ3n) is 2.67. The summed E-state index contributed by atoms with van der Waals surface area (Å²) in [5.74, 6) is 0. The van der Waals surface area contributed by atoms with E-state index in [2.05, 4.69) is 19.2 Å². The van der Waals surface area contributed by atoms with Crippen LogP contribution in [0.15, 0.2) is 29.2 Å².